The van der Waals surface area contributed by atoms with Crippen molar-refractivity contribution in [2.75, 3.05) is 0 Å². The number of benzene rings is 2. The summed E-state index contributed by atoms with van der Waals surface area (Å²) in [5, 5.41) is 0. The average Bonchev–Trinajstić information content (AvgIpc) is 2.65. The van der Waals surface area contributed by atoms with E-state index in [1.165, 1.54) is 80.3 Å². The van der Waals surface area contributed by atoms with E-state index in [-0.39, 0.29) is 11.1 Å². The molecule has 0 saturated heterocycles. The summed E-state index contributed by atoms with van der Waals surface area (Å²) in [4.78, 5) is 13.0. The van der Waals surface area contributed by atoms with E-state index in [4.69, 9.17) is 4.43 Å². The van der Waals surface area contributed by atoms with Crippen LogP contribution in [0.5, 0.6) is 0 Å². The van der Waals surface area contributed by atoms with Crippen molar-refractivity contribution in [2.45, 2.75) is 43.3 Å². The Hall–Kier alpha value is -2.20. The maximum absolute atomic E-state index is 14.6. The number of hydrogen-bond donors (Lipinski definition) is 0. The van der Waals surface area contributed by atoms with Gasteiger partial charge in [-0.2, -0.15) is 30.7 Å². The standard InChI is InChI=1S/C20H19F7O2Si/c1-30(2,3)29-17(14-10-6-4-7-11-14,15-12-8-5-9-13-15)16(28)18(21,22)19(23,24)20(25,26)27/h4-13H,1-3H3. The zero-order chi connectivity index (χ0) is 23.0. The molecule has 0 aliphatic heterocycles. The predicted molar refractivity (Wildman–Crippen MR) is 99.1 cm³/mol. The van der Waals surface area contributed by atoms with Gasteiger partial charge in [-0.25, -0.2) is 0 Å². The van der Waals surface area contributed by atoms with Crippen molar-refractivity contribution in [3.63, 3.8) is 0 Å². The summed E-state index contributed by atoms with van der Waals surface area (Å²) in [6.45, 7) is 4.50. The highest BCUT2D eigenvalue weighted by Gasteiger charge is 2.78. The summed E-state index contributed by atoms with van der Waals surface area (Å²) < 4.78 is 101. The Balaban J connectivity index is 2.89. The number of carbonyl (C=O) groups excluding carboxylic acids is 1. The van der Waals surface area contributed by atoms with Crippen LogP contribution in [0.1, 0.15) is 11.1 Å². The quantitative estimate of drug-likeness (QED) is 0.370. The lowest BCUT2D eigenvalue weighted by atomic mass is 9.79. The van der Waals surface area contributed by atoms with E-state index in [1.54, 1.807) is 0 Å². The number of alkyl halides is 7. The van der Waals surface area contributed by atoms with Crippen molar-refractivity contribution in [1.82, 2.24) is 0 Å². The molecule has 2 nitrogen and oxygen atoms in total. The smallest absolute Gasteiger partial charge is 0.398 e. The van der Waals surface area contributed by atoms with Gasteiger partial charge in [-0.1, -0.05) is 60.7 Å². The third-order valence-electron chi connectivity index (χ3n) is 4.18. The fourth-order valence-corrected chi connectivity index (χ4v) is 4.19. The largest absolute Gasteiger partial charge is 0.460 e. The van der Waals surface area contributed by atoms with Crippen LogP contribution in [-0.4, -0.2) is 32.1 Å². The molecule has 0 bridgehead atoms. The van der Waals surface area contributed by atoms with Gasteiger partial charge in [0.05, 0.1) is 0 Å². The van der Waals surface area contributed by atoms with Crippen LogP contribution in [0.4, 0.5) is 30.7 Å². The maximum atomic E-state index is 14.6. The van der Waals surface area contributed by atoms with Gasteiger partial charge in [0.1, 0.15) is 0 Å². The van der Waals surface area contributed by atoms with Crippen molar-refractivity contribution in [1.29, 1.82) is 0 Å². The lowest BCUT2D eigenvalue weighted by molar-refractivity contribution is -0.345. The van der Waals surface area contributed by atoms with Crippen LogP contribution >= 0.6 is 0 Å². The molecule has 0 amide bonds. The second kappa shape index (κ2) is 7.81. The molecule has 2 aromatic carbocycles. The topological polar surface area (TPSA) is 26.3 Å². The van der Waals surface area contributed by atoms with Crippen molar-refractivity contribution in [2.24, 2.45) is 0 Å². The molecular weight excluding hydrogens is 433 g/mol. The van der Waals surface area contributed by atoms with Crippen molar-refractivity contribution in [3.05, 3.63) is 71.8 Å². The molecular formula is C20H19F7O2Si. The van der Waals surface area contributed by atoms with E-state index in [0.717, 1.165) is 0 Å². The van der Waals surface area contributed by atoms with Gasteiger partial charge in [0.15, 0.2) is 13.9 Å². The van der Waals surface area contributed by atoms with Crippen LogP contribution in [0.15, 0.2) is 60.7 Å². The number of halogens is 7. The normalized spacial score (nSPS) is 13.9. The summed E-state index contributed by atoms with van der Waals surface area (Å²) in [7, 11) is -2.99. The molecule has 0 radical (unpaired) electrons. The molecule has 0 fully saturated rings. The lowest BCUT2D eigenvalue weighted by Gasteiger charge is -2.41. The fourth-order valence-electron chi connectivity index (χ4n) is 2.94. The summed E-state index contributed by atoms with van der Waals surface area (Å²) >= 11 is 0. The Morgan fingerprint density at radius 2 is 1.10 bits per heavy atom. The Morgan fingerprint density at radius 3 is 1.40 bits per heavy atom. The summed E-state index contributed by atoms with van der Waals surface area (Å²) in [6, 6.07) is 13.0. The number of Topliss-reactive ketones (excluding diaryl/α,β-unsaturated/α-hetero) is 1. The highest BCUT2D eigenvalue weighted by Crippen LogP contribution is 2.51. The molecule has 0 spiro atoms. The minimum Gasteiger partial charge on any atom is -0.398 e. The van der Waals surface area contributed by atoms with Crippen LogP contribution in [0.2, 0.25) is 19.6 Å². The highest BCUT2D eigenvalue weighted by molar-refractivity contribution is 6.70. The number of carbonyl (C=O) groups is 1. The molecule has 0 saturated carbocycles. The molecule has 0 aliphatic rings. The Labute approximate surface area is 169 Å². The third kappa shape index (κ3) is 4.15. The molecule has 0 unspecified atom stereocenters. The highest BCUT2D eigenvalue weighted by atomic mass is 28.4. The zero-order valence-electron chi connectivity index (χ0n) is 16.2. The van der Waals surface area contributed by atoms with Crippen LogP contribution in [0, 0.1) is 0 Å². The number of ketones is 1. The first-order chi connectivity index (χ1) is 13.6. The molecule has 0 heterocycles. The van der Waals surface area contributed by atoms with Crippen molar-refractivity contribution in [3.8, 4) is 0 Å². The van der Waals surface area contributed by atoms with E-state index < -0.39 is 37.7 Å². The molecule has 0 aliphatic carbocycles. The Morgan fingerprint density at radius 1 is 0.733 bits per heavy atom. The first kappa shape index (κ1) is 24.1. The molecule has 2 aromatic rings. The van der Waals surface area contributed by atoms with E-state index in [9.17, 15) is 35.5 Å². The summed E-state index contributed by atoms with van der Waals surface area (Å²) in [5.41, 5.74) is -3.42. The van der Waals surface area contributed by atoms with Gasteiger partial charge in [-0.15, -0.1) is 0 Å². The molecule has 2 rings (SSSR count). The van der Waals surface area contributed by atoms with E-state index in [2.05, 4.69) is 0 Å². The van der Waals surface area contributed by atoms with Gasteiger partial charge in [0, 0.05) is 0 Å². The third-order valence-corrected chi connectivity index (χ3v) is 5.09. The van der Waals surface area contributed by atoms with Crippen LogP contribution in [0.25, 0.3) is 0 Å². The molecule has 0 aromatic heterocycles. The fraction of sp³-hybridized carbons (Fsp3) is 0.350. The second-order valence-electron chi connectivity index (χ2n) is 7.60. The van der Waals surface area contributed by atoms with Crippen LogP contribution < -0.4 is 0 Å². The van der Waals surface area contributed by atoms with Gasteiger partial charge in [-0.05, 0) is 30.8 Å². The number of rotatable bonds is 7. The molecule has 164 valence electrons. The summed E-state index contributed by atoms with van der Waals surface area (Å²) in [5.74, 6) is -15.4. The second-order valence-corrected chi connectivity index (χ2v) is 12.0. The minimum atomic E-state index is -6.65. The molecule has 30 heavy (non-hydrogen) atoms. The first-order valence-corrected chi connectivity index (χ1v) is 12.2. The molecule has 0 atom stereocenters. The van der Waals surface area contributed by atoms with E-state index >= 15 is 0 Å². The van der Waals surface area contributed by atoms with Crippen LogP contribution in [-0.2, 0) is 14.8 Å². The molecule has 0 N–H and O–H groups in total. The predicted octanol–water partition coefficient (Wildman–Crippen LogP) is 6.18. The van der Waals surface area contributed by atoms with E-state index in [1.807, 2.05) is 0 Å². The van der Waals surface area contributed by atoms with Gasteiger partial charge >= 0.3 is 18.0 Å². The lowest BCUT2D eigenvalue weighted by Crippen LogP contribution is -2.63. The van der Waals surface area contributed by atoms with Gasteiger partial charge in [0.25, 0.3) is 0 Å². The zero-order valence-corrected chi connectivity index (χ0v) is 17.2. The minimum absolute atomic E-state index is 0.277. The van der Waals surface area contributed by atoms with Gasteiger partial charge in [0.2, 0.25) is 5.78 Å². The van der Waals surface area contributed by atoms with Gasteiger partial charge in [-0.3, -0.25) is 4.79 Å². The monoisotopic (exact) mass is 452 g/mol. The number of hydrogen-bond acceptors (Lipinski definition) is 2. The van der Waals surface area contributed by atoms with Crippen molar-refractivity contribution < 1.29 is 40.0 Å². The SMILES string of the molecule is C[Si](C)(C)OC(C(=O)C(F)(F)C(F)(F)C(F)(F)F)(c1ccccc1)c1ccccc1. The maximum Gasteiger partial charge on any atom is 0.460 e. The van der Waals surface area contributed by atoms with E-state index in [0.29, 0.717) is 0 Å². The van der Waals surface area contributed by atoms with Crippen LogP contribution in [0.3, 0.4) is 0 Å². The molecule has 10 heteroatoms. The first-order valence-electron chi connectivity index (χ1n) is 8.76. The van der Waals surface area contributed by atoms with Crippen molar-refractivity contribution >= 4 is 14.1 Å². The van der Waals surface area contributed by atoms with Gasteiger partial charge < -0.3 is 4.43 Å². The average molecular weight is 452 g/mol. The summed E-state index contributed by atoms with van der Waals surface area (Å²) in [6.07, 6.45) is -6.65. The Bertz CT molecular complexity index is 836. The Kier molecular flexibility index (Phi) is 6.26.